The molecule has 2 aromatic carbocycles. The molecule has 35 heavy (non-hydrogen) atoms. The number of esters is 1. The Labute approximate surface area is 215 Å². The molecule has 2 aromatic rings. The Kier molecular flexibility index (Phi) is 15.4. The molecule has 1 aliphatic heterocycles. The van der Waals surface area contributed by atoms with Gasteiger partial charge in [0.05, 0.1) is 19.1 Å². The topological polar surface area (TPSA) is 38.8 Å². The average Bonchev–Trinajstić information content (AvgIpc) is 3.35. The lowest BCUT2D eigenvalue weighted by atomic mass is 9.97. The van der Waals surface area contributed by atoms with Crippen molar-refractivity contribution >= 4 is 16.7 Å². The van der Waals surface area contributed by atoms with Crippen molar-refractivity contribution in [3.63, 3.8) is 0 Å². The maximum absolute atomic E-state index is 11.7. The van der Waals surface area contributed by atoms with E-state index in [0.29, 0.717) is 6.10 Å². The van der Waals surface area contributed by atoms with Gasteiger partial charge in [0.25, 0.3) is 0 Å². The summed E-state index contributed by atoms with van der Waals surface area (Å²) in [6.07, 6.45) is 7.49. The first-order valence-electron chi connectivity index (χ1n) is 13.9. The quantitative estimate of drug-likeness (QED) is 0.400. The van der Waals surface area contributed by atoms with Crippen molar-refractivity contribution in [3.05, 3.63) is 42.0 Å². The summed E-state index contributed by atoms with van der Waals surface area (Å²) >= 11 is 0. The van der Waals surface area contributed by atoms with Crippen LogP contribution in [0.15, 0.2) is 36.4 Å². The van der Waals surface area contributed by atoms with E-state index in [1.54, 1.807) is 0 Å². The molecule has 2 fully saturated rings. The Morgan fingerprint density at radius 3 is 2.26 bits per heavy atom. The molecule has 4 nitrogen and oxygen atoms in total. The van der Waals surface area contributed by atoms with Gasteiger partial charge in [0.15, 0.2) is 0 Å². The zero-order chi connectivity index (χ0) is 26.2. The maximum atomic E-state index is 11.7. The minimum atomic E-state index is -0.0829. The Balaban J connectivity index is 0.000000684. The second kappa shape index (κ2) is 17.4. The standard InChI is InChI=1S/C23H29NO3.C4H10.2C2H6/c1-26-23(25)19-12-13-24(16-19)15-17-10-11-21-18(14-17)6-5-9-22(21)27-20-7-3-2-4-8-20;1-4(2)3;2*1-2/h5-6,9-11,14,19-20H,2-4,7-8,12-13,15-16H2,1H3;4H,1-3H3;2*1-2H3. The van der Waals surface area contributed by atoms with Crippen LogP contribution in [0, 0.1) is 11.8 Å². The number of rotatable bonds is 5. The van der Waals surface area contributed by atoms with Crippen LogP contribution in [0.25, 0.3) is 10.8 Å². The second-order valence-electron chi connectivity index (χ2n) is 9.67. The lowest BCUT2D eigenvalue weighted by Crippen LogP contribution is -2.23. The molecule has 1 heterocycles. The number of ether oxygens (including phenoxy) is 2. The highest BCUT2D eigenvalue weighted by Gasteiger charge is 2.28. The summed E-state index contributed by atoms with van der Waals surface area (Å²) in [6.45, 7) is 17.1. The molecule has 4 heteroatoms. The van der Waals surface area contributed by atoms with Crippen molar-refractivity contribution in [2.45, 2.75) is 99.6 Å². The predicted octanol–water partition coefficient (Wildman–Crippen LogP) is 8.26. The zero-order valence-corrected chi connectivity index (χ0v) is 23.7. The first kappa shape index (κ1) is 31.0. The molecular formula is C31H51NO3. The average molecular weight is 486 g/mol. The summed E-state index contributed by atoms with van der Waals surface area (Å²) in [5, 5.41) is 2.42. The van der Waals surface area contributed by atoms with Crippen molar-refractivity contribution in [3.8, 4) is 5.75 Å². The minimum absolute atomic E-state index is 0.0194. The monoisotopic (exact) mass is 485 g/mol. The molecule has 198 valence electrons. The van der Waals surface area contributed by atoms with Gasteiger partial charge in [-0.3, -0.25) is 9.69 Å². The molecule has 0 bridgehead atoms. The fraction of sp³-hybridized carbons (Fsp3) is 0.645. The molecule has 2 aliphatic rings. The van der Waals surface area contributed by atoms with Gasteiger partial charge in [0, 0.05) is 18.5 Å². The minimum Gasteiger partial charge on any atom is -0.490 e. The first-order valence-corrected chi connectivity index (χ1v) is 13.9. The van der Waals surface area contributed by atoms with Gasteiger partial charge in [-0.15, -0.1) is 0 Å². The molecule has 1 saturated carbocycles. The molecular weight excluding hydrogens is 434 g/mol. The molecule has 0 radical (unpaired) electrons. The fourth-order valence-corrected chi connectivity index (χ4v) is 4.46. The van der Waals surface area contributed by atoms with Gasteiger partial charge in [0.2, 0.25) is 0 Å². The van der Waals surface area contributed by atoms with E-state index in [1.165, 1.54) is 55.5 Å². The number of carbonyl (C=O) groups excluding carboxylic acids is 1. The number of benzene rings is 2. The molecule has 0 aromatic heterocycles. The highest BCUT2D eigenvalue weighted by molar-refractivity contribution is 5.88. The van der Waals surface area contributed by atoms with Crippen LogP contribution in [0.4, 0.5) is 0 Å². The van der Waals surface area contributed by atoms with Gasteiger partial charge >= 0.3 is 5.97 Å². The van der Waals surface area contributed by atoms with E-state index in [0.717, 1.165) is 37.7 Å². The fourth-order valence-electron chi connectivity index (χ4n) is 4.46. The third kappa shape index (κ3) is 10.6. The van der Waals surface area contributed by atoms with Crippen LogP contribution in [0.2, 0.25) is 0 Å². The molecule has 1 aliphatic carbocycles. The number of methoxy groups -OCH3 is 1. The van der Waals surface area contributed by atoms with Crippen LogP contribution in [0.3, 0.4) is 0 Å². The van der Waals surface area contributed by atoms with Crippen molar-refractivity contribution in [2.75, 3.05) is 20.2 Å². The Hall–Kier alpha value is -2.07. The van der Waals surface area contributed by atoms with E-state index in [2.05, 4.69) is 62.1 Å². The van der Waals surface area contributed by atoms with Gasteiger partial charge in [-0.25, -0.2) is 0 Å². The number of nitrogens with zero attached hydrogens (tertiary/aromatic N) is 1. The second-order valence-corrected chi connectivity index (χ2v) is 9.67. The molecule has 1 unspecified atom stereocenters. The maximum Gasteiger partial charge on any atom is 0.310 e. The number of hydrogen-bond donors (Lipinski definition) is 0. The highest BCUT2D eigenvalue weighted by Crippen LogP contribution is 2.31. The van der Waals surface area contributed by atoms with E-state index in [-0.39, 0.29) is 11.9 Å². The van der Waals surface area contributed by atoms with E-state index in [1.807, 2.05) is 27.7 Å². The molecule has 0 spiro atoms. The van der Waals surface area contributed by atoms with Crippen LogP contribution in [-0.2, 0) is 16.1 Å². The summed E-state index contributed by atoms with van der Waals surface area (Å²) in [4.78, 5) is 14.1. The molecule has 0 N–H and O–H groups in total. The zero-order valence-electron chi connectivity index (χ0n) is 23.7. The Morgan fingerprint density at radius 2 is 1.63 bits per heavy atom. The Bertz CT molecular complexity index is 839. The lowest BCUT2D eigenvalue weighted by Gasteiger charge is -2.24. The largest absolute Gasteiger partial charge is 0.490 e. The van der Waals surface area contributed by atoms with Crippen LogP contribution in [-0.4, -0.2) is 37.2 Å². The van der Waals surface area contributed by atoms with Crippen molar-refractivity contribution < 1.29 is 14.3 Å². The summed E-state index contributed by atoms with van der Waals surface area (Å²) in [7, 11) is 1.47. The van der Waals surface area contributed by atoms with Gasteiger partial charge in [-0.2, -0.15) is 0 Å². The van der Waals surface area contributed by atoms with Crippen LogP contribution in [0.5, 0.6) is 5.75 Å². The van der Waals surface area contributed by atoms with Crippen LogP contribution in [0.1, 0.15) is 92.6 Å². The van der Waals surface area contributed by atoms with Gasteiger partial charge < -0.3 is 9.47 Å². The van der Waals surface area contributed by atoms with E-state index < -0.39 is 0 Å². The third-order valence-corrected chi connectivity index (χ3v) is 5.96. The summed E-state index contributed by atoms with van der Waals surface area (Å²) in [5.74, 6) is 1.78. The normalized spacial score (nSPS) is 17.9. The molecule has 1 saturated heterocycles. The lowest BCUT2D eigenvalue weighted by molar-refractivity contribution is -0.144. The van der Waals surface area contributed by atoms with E-state index in [9.17, 15) is 4.79 Å². The number of carbonyl (C=O) groups is 1. The van der Waals surface area contributed by atoms with Gasteiger partial charge in [0.1, 0.15) is 5.75 Å². The van der Waals surface area contributed by atoms with Crippen molar-refractivity contribution in [2.24, 2.45) is 11.8 Å². The summed E-state index contributed by atoms with van der Waals surface area (Å²) in [5.41, 5.74) is 1.28. The van der Waals surface area contributed by atoms with E-state index >= 15 is 0 Å². The smallest absolute Gasteiger partial charge is 0.310 e. The van der Waals surface area contributed by atoms with Gasteiger partial charge in [-0.1, -0.05) is 79.2 Å². The predicted molar refractivity (Wildman–Crippen MR) is 150 cm³/mol. The number of likely N-dealkylation sites (tertiary alicyclic amines) is 1. The first-order chi connectivity index (χ1) is 17.0. The summed E-state index contributed by atoms with van der Waals surface area (Å²) < 4.78 is 11.2. The van der Waals surface area contributed by atoms with Crippen LogP contribution >= 0.6 is 0 Å². The number of hydrogen-bond acceptors (Lipinski definition) is 4. The highest BCUT2D eigenvalue weighted by atomic mass is 16.5. The number of fused-ring (bicyclic) bond motifs is 1. The summed E-state index contributed by atoms with van der Waals surface area (Å²) in [6, 6.07) is 13.0. The van der Waals surface area contributed by atoms with Gasteiger partial charge in [-0.05, 0) is 67.6 Å². The molecule has 0 amide bonds. The molecule has 4 rings (SSSR count). The Morgan fingerprint density at radius 1 is 0.971 bits per heavy atom. The van der Waals surface area contributed by atoms with E-state index in [4.69, 9.17) is 9.47 Å². The van der Waals surface area contributed by atoms with Crippen LogP contribution < -0.4 is 4.74 Å². The van der Waals surface area contributed by atoms with Crippen molar-refractivity contribution in [1.82, 2.24) is 4.90 Å². The SMILES string of the molecule is CC.CC.CC(C)C.COC(=O)C1CCN(Cc2ccc3c(OC4CCCCC4)cccc3c2)C1. The van der Waals surface area contributed by atoms with Crippen molar-refractivity contribution in [1.29, 1.82) is 0 Å². The third-order valence-electron chi connectivity index (χ3n) is 5.96. The molecule has 1 atom stereocenters.